The SMILES string of the molecule is COc1ccc2c(c1)C(=O)N(CC1(c3ccc(-c4ccc(C(C=O)N5CCNCC5)cc4)cc3)NC(=O)NC1=O)C2. The molecule has 2 unspecified atom stereocenters. The van der Waals surface area contributed by atoms with Gasteiger partial charge in [0, 0.05) is 38.3 Å². The van der Waals surface area contributed by atoms with Crippen LogP contribution < -0.4 is 20.7 Å². The summed E-state index contributed by atoms with van der Waals surface area (Å²) in [6.07, 6.45) is 0.996. The van der Waals surface area contributed by atoms with Gasteiger partial charge in [0.15, 0.2) is 5.54 Å². The first-order valence-electron chi connectivity index (χ1n) is 13.6. The number of carbonyl (C=O) groups excluding carboxylic acids is 4. The number of hydrogen-bond acceptors (Lipinski definition) is 7. The lowest BCUT2D eigenvalue weighted by Gasteiger charge is -2.32. The Kier molecular flexibility index (Phi) is 7.02. The molecule has 3 aromatic rings. The third-order valence-electron chi connectivity index (χ3n) is 8.20. The van der Waals surface area contributed by atoms with Crippen LogP contribution in [0.4, 0.5) is 4.79 Å². The average molecular weight is 554 g/mol. The van der Waals surface area contributed by atoms with E-state index in [-0.39, 0.29) is 18.5 Å². The molecule has 41 heavy (non-hydrogen) atoms. The number of aldehydes is 1. The highest BCUT2D eigenvalue weighted by molar-refractivity contribution is 6.08. The van der Waals surface area contributed by atoms with Crippen molar-refractivity contribution in [1.82, 2.24) is 25.8 Å². The average Bonchev–Trinajstić information content (AvgIpc) is 3.48. The van der Waals surface area contributed by atoms with Gasteiger partial charge < -0.3 is 25.1 Å². The molecular formula is C31H31N5O5. The predicted octanol–water partition coefficient (Wildman–Crippen LogP) is 2.20. The van der Waals surface area contributed by atoms with Crippen LogP contribution in [0.5, 0.6) is 5.75 Å². The normalized spacial score (nSPS) is 21.3. The lowest BCUT2D eigenvalue weighted by Crippen LogP contribution is -2.52. The summed E-state index contributed by atoms with van der Waals surface area (Å²) in [6, 6.07) is 19.8. The van der Waals surface area contributed by atoms with Crippen molar-refractivity contribution >= 4 is 24.1 Å². The molecule has 2 atom stereocenters. The fourth-order valence-electron chi connectivity index (χ4n) is 5.93. The molecule has 3 aromatic carbocycles. The summed E-state index contributed by atoms with van der Waals surface area (Å²) < 4.78 is 5.26. The van der Waals surface area contributed by atoms with Crippen LogP contribution in [0, 0.1) is 0 Å². The van der Waals surface area contributed by atoms with Crippen LogP contribution in [0.2, 0.25) is 0 Å². The molecule has 6 rings (SSSR count). The topological polar surface area (TPSA) is 120 Å². The minimum atomic E-state index is -1.43. The lowest BCUT2D eigenvalue weighted by molar-refractivity contribution is -0.124. The summed E-state index contributed by atoms with van der Waals surface area (Å²) in [5.41, 5.74) is 3.32. The monoisotopic (exact) mass is 553 g/mol. The molecular weight excluding hydrogens is 522 g/mol. The molecule has 3 aliphatic rings. The van der Waals surface area contributed by atoms with Crippen LogP contribution in [-0.2, 0) is 21.7 Å². The molecule has 3 N–H and O–H groups in total. The second-order valence-corrected chi connectivity index (χ2v) is 10.6. The minimum absolute atomic E-state index is 0.0203. The van der Waals surface area contributed by atoms with Crippen LogP contribution in [0.3, 0.4) is 0 Å². The molecule has 0 bridgehead atoms. The van der Waals surface area contributed by atoms with Gasteiger partial charge in [0.05, 0.1) is 19.7 Å². The van der Waals surface area contributed by atoms with Crippen molar-refractivity contribution in [2.24, 2.45) is 0 Å². The van der Waals surface area contributed by atoms with E-state index in [0.717, 1.165) is 54.7 Å². The first-order chi connectivity index (χ1) is 19.9. The Labute approximate surface area is 237 Å². The van der Waals surface area contributed by atoms with Crippen molar-refractivity contribution in [2.75, 3.05) is 39.8 Å². The summed E-state index contributed by atoms with van der Waals surface area (Å²) in [6.45, 7) is 3.67. The Bertz CT molecular complexity index is 1500. The van der Waals surface area contributed by atoms with E-state index in [1.54, 1.807) is 36.3 Å². The molecule has 2 saturated heterocycles. The van der Waals surface area contributed by atoms with E-state index in [9.17, 15) is 19.2 Å². The maximum absolute atomic E-state index is 13.2. The zero-order valence-electron chi connectivity index (χ0n) is 22.7. The first kappa shape index (κ1) is 26.7. The van der Waals surface area contributed by atoms with Gasteiger partial charge in [-0.05, 0) is 39.9 Å². The first-order valence-corrected chi connectivity index (χ1v) is 13.6. The second-order valence-electron chi connectivity index (χ2n) is 10.6. The van der Waals surface area contributed by atoms with Crippen LogP contribution in [0.25, 0.3) is 11.1 Å². The molecule has 2 fully saturated rings. The van der Waals surface area contributed by atoms with Crippen molar-refractivity contribution in [3.05, 3.63) is 89.0 Å². The number of piperazine rings is 1. The molecule has 10 nitrogen and oxygen atoms in total. The van der Waals surface area contributed by atoms with E-state index in [4.69, 9.17) is 4.74 Å². The summed E-state index contributed by atoms with van der Waals surface area (Å²) in [4.78, 5) is 54.4. The Morgan fingerprint density at radius 3 is 2.24 bits per heavy atom. The van der Waals surface area contributed by atoms with E-state index < -0.39 is 17.5 Å². The molecule has 0 saturated carbocycles. The minimum Gasteiger partial charge on any atom is -0.497 e. The lowest BCUT2D eigenvalue weighted by atomic mass is 9.88. The van der Waals surface area contributed by atoms with Gasteiger partial charge in [-0.1, -0.05) is 54.6 Å². The molecule has 0 aliphatic carbocycles. The highest BCUT2D eigenvalue weighted by Crippen LogP contribution is 2.34. The highest BCUT2D eigenvalue weighted by Gasteiger charge is 2.50. The van der Waals surface area contributed by atoms with Gasteiger partial charge in [-0.25, -0.2) is 4.79 Å². The number of imide groups is 1. The van der Waals surface area contributed by atoms with E-state index in [1.807, 2.05) is 42.5 Å². The number of benzene rings is 3. The third-order valence-corrected chi connectivity index (χ3v) is 8.20. The van der Waals surface area contributed by atoms with Crippen molar-refractivity contribution in [3.63, 3.8) is 0 Å². The number of urea groups is 1. The van der Waals surface area contributed by atoms with Crippen molar-refractivity contribution < 1.29 is 23.9 Å². The quantitative estimate of drug-likeness (QED) is 0.289. The van der Waals surface area contributed by atoms with E-state index in [2.05, 4.69) is 20.9 Å². The maximum atomic E-state index is 13.2. The summed E-state index contributed by atoms with van der Waals surface area (Å²) in [5, 5.41) is 8.44. The number of rotatable bonds is 8. The zero-order valence-corrected chi connectivity index (χ0v) is 22.7. The van der Waals surface area contributed by atoms with Crippen molar-refractivity contribution in [3.8, 4) is 16.9 Å². The van der Waals surface area contributed by atoms with Gasteiger partial charge in [0.25, 0.3) is 11.8 Å². The zero-order chi connectivity index (χ0) is 28.6. The maximum Gasteiger partial charge on any atom is 0.322 e. The molecule has 0 radical (unpaired) electrons. The second kappa shape index (κ2) is 10.8. The molecule has 3 aliphatic heterocycles. The Morgan fingerprint density at radius 1 is 0.951 bits per heavy atom. The number of fused-ring (bicyclic) bond motifs is 1. The standard InChI is InChI=1S/C31H31N5O5/c1-41-25-11-8-23-17-36(28(38)26(23)16-25)19-31(29(39)33-30(40)34-31)24-9-6-21(7-10-24)20-2-4-22(5-3-20)27(18-37)35-14-12-32-13-15-35/h2-11,16,18,27,32H,12-15,17,19H2,1H3,(H2,33,34,39,40). The smallest absolute Gasteiger partial charge is 0.322 e. The summed E-state index contributed by atoms with van der Waals surface area (Å²) in [7, 11) is 1.54. The summed E-state index contributed by atoms with van der Waals surface area (Å²) >= 11 is 0. The Balaban J connectivity index is 1.24. The number of nitrogens with zero attached hydrogens (tertiary/aromatic N) is 2. The third kappa shape index (κ3) is 4.85. The Morgan fingerprint density at radius 2 is 1.63 bits per heavy atom. The highest BCUT2D eigenvalue weighted by atomic mass is 16.5. The molecule has 210 valence electrons. The predicted molar refractivity (Wildman–Crippen MR) is 151 cm³/mol. The number of hydrogen-bond donors (Lipinski definition) is 3. The Hall–Kier alpha value is -4.54. The number of carbonyl (C=O) groups is 4. The van der Waals surface area contributed by atoms with Crippen molar-refractivity contribution in [1.29, 1.82) is 0 Å². The van der Waals surface area contributed by atoms with Crippen molar-refractivity contribution in [2.45, 2.75) is 18.1 Å². The van der Waals surface area contributed by atoms with Crippen LogP contribution in [0.1, 0.15) is 33.1 Å². The molecule has 4 amide bonds. The van der Waals surface area contributed by atoms with Gasteiger partial charge >= 0.3 is 6.03 Å². The van der Waals surface area contributed by atoms with Gasteiger partial charge in [0.2, 0.25) is 0 Å². The van der Waals surface area contributed by atoms with E-state index in [0.29, 0.717) is 23.4 Å². The summed E-state index contributed by atoms with van der Waals surface area (Å²) in [5.74, 6) is -0.151. The van der Waals surface area contributed by atoms with Crippen LogP contribution in [0.15, 0.2) is 66.7 Å². The largest absolute Gasteiger partial charge is 0.497 e. The van der Waals surface area contributed by atoms with Gasteiger partial charge in [-0.3, -0.25) is 19.8 Å². The van der Waals surface area contributed by atoms with Crippen LogP contribution >= 0.6 is 0 Å². The fraction of sp³-hybridized carbons (Fsp3) is 0.290. The molecule has 0 aromatic heterocycles. The number of nitrogens with one attached hydrogen (secondary N) is 3. The van der Waals surface area contributed by atoms with E-state index >= 15 is 0 Å². The number of amides is 4. The fourth-order valence-corrected chi connectivity index (χ4v) is 5.93. The number of methoxy groups -OCH3 is 1. The molecule has 3 heterocycles. The van der Waals surface area contributed by atoms with Gasteiger partial charge in [0.1, 0.15) is 12.0 Å². The van der Waals surface area contributed by atoms with Gasteiger partial charge in [-0.15, -0.1) is 0 Å². The van der Waals surface area contributed by atoms with E-state index in [1.165, 1.54) is 0 Å². The number of ether oxygens (including phenoxy) is 1. The van der Waals surface area contributed by atoms with Gasteiger partial charge in [-0.2, -0.15) is 0 Å². The molecule has 0 spiro atoms. The van der Waals surface area contributed by atoms with Crippen LogP contribution in [-0.4, -0.2) is 73.8 Å². The molecule has 10 heteroatoms.